The molecule has 1 saturated heterocycles. The zero-order valence-electron chi connectivity index (χ0n) is 11.1. The smallest absolute Gasteiger partial charge is 0.167 e. The number of nitrogens with zero attached hydrogens (tertiary/aromatic N) is 4. The number of aliphatic hydroxyl groups is 2. The second-order valence-electron chi connectivity index (χ2n) is 5.63. The molecule has 1 unspecified atom stereocenters. The van der Waals surface area contributed by atoms with Gasteiger partial charge in [0.1, 0.15) is 29.7 Å². The van der Waals surface area contributed by atoms with E-state index >= 15 is 0 Å². The van der Waals surface area contributed by atoms with E-state index in [0.717, 1.165) is 6.42 Å². The Balaban J connectivity index is 1.78. The summed E-state index contributed by atoms with van der Waals surface area (Å²) < 4.78 is 7.47. The van der Waals surface area contributed by atoms with Gasteiger partial charge in [-0.1, -0.05) is 0 Å². The first kappa shape index (κ1) is 12.9. The number of ether oxygens (including phenoxy) is 1. The van der Waals surface area contributed by atoms with Crippen LogP contribution < -0.4 is 11.5 Å². The molecule has 2 aromatic rings. The van der Waals surface area contributed by atoms with Crippen molar-refractivity contribution in [2.75, 3.05) is 5.73 Å². The molecule has 1 saturated carbocycles. The van der Waals surface area contributed by atoms with Crippen LogP contribution in [0.5, 0.6) is 0 Å². The lowest BCUT2D eigenvalue weighted by molar-refractivity contribution is -0.158. The average molecular weight is 292 g/mol. The first-order valence-electron chi connectivity index (χ1n) is 6.77. The molecule has 1 aliphatic carbocycles. The van der Waals surface area contributed by atoms with E-state index in [9.17, 15) is 10.2 Å². The number of anilines is 1. The van der Waals surface area contributed by atoms with Gasteiger partial charge in [-0.2, -0.15) is 0 Å². The number of nitrogens with two attached hydrogens (primary N) is 2. The van der Waals surface area contributed by atoms with E-state index < -0.39 is 24.0 Å². The van der Waals surface area contributed by atoms with Crippen LogP contribution in [-0.2, 0) is 4.74 Å². The van der Waals surface area contributed by atoms with Gasteiger partial charge in [-0.15, -0.1) is 0 Å². The summed E-state index contributed by atoms with van der Waals surface area (Å²) in [5, 5.41) is 20.6. The maximum Gasteiger partial charge on any atom is 0.167 e. The van der Waals surface area contributed by atoms with E-state index in [1.54, 1.807) is 4.57 Å². The van der Waals surface area contributed by atoms with E-state index in [4.69, 9.17) is 16.2 Å². The minimum atomic E-state index is -1.11. The van der Waals surface area contributed by atoms with Crippen molar-refractivity contribution in [2.24, 2.45) is 5.73 Å². The van der Waals surface area contributed by atoms with Crippen LogP contribution in [0.15, 0.2) is 12.7 Å². The minimum absolute atomic E-state index is 0.252. The van der Waals surface area contributed by atoms with Gasteiger partial charge in [0.2, 0.25) is 0 Å². The van der Waals surface area contributed by atoms with Gasteiger partial charge in [-0.05, 0) is 12.8 Å². The SMILES string of the molecule is Nc1ncnc2c1ncn2[C@@H]1O[C@@]2(CC[C@@H]2N)C(O)[C@@H]1O. The summed E-state index contributed by atoms with van der Waals surface area (Å²) in [7, 11) is 0. The van der Waals surface area contributed by atoms with Crippen LogP contribution in [0, 0.1) is 0 Å². The molecule has 9 nitrogen and oxygen atoms in total. The third kappa shape index (κ3) is 1.51. The molecule has 2 aliphatic rings. The van der Waals surface area contributed by atoms with E-state index in [1.165, 1.54) is 12.7 Å². The predicted octanol–water partition coefficient (Wildman–Crippen LogP) is -1.48. The van der Waals surface area contributed by atoms with Gasteiger partial charge in [-0.3, -0.25) is 4.57 Å². The summed E-state index contributed by atoms with van der Waals surface area (Å²) in [5.41, 5.74) is 11.7. The largest absolute Gasteiger partial charge is 0.387 e. The van der Waals surface area contributed by atoms with Crippen molar-refractivity contribution >= 4 is 17.0 Å². The summed E-state index contributed by atoms with van der Waals surface area (Å²) in [4.78, 5) is 12.1. The van der Waals surface area contributed by atoms with Crippen molar-refractivity contribution in [2.45, 2.75) is 42.9 Å². The number of rotatable bonds is 1. The Labute approximate surface area is 119 Å². The molecule has 9 heteroatoms. The fraction of sp³-hybridized carbons (Fsp3) is 0.583. The lowest BCUT2D eigenvalue weighted by atomic mass is 9.71. The quantitative estimate of drug-likeness (QED) is 0.498. The highest BCUT2D eigenvalue weighted by Crippen LogP contribution is 2.48. The lowest BCUT2D eigenvalue weighted by Crippen LogP contribution is -2.63. The van der Waals surface area contributed by atoms with Crippen molar-refractivity contribution in [1.82, 2.24) is 19.5 Å². The maximum absolute atomic E-state index is 10.3. The van der Waals surface area contributed by atoms with Gasteiger partial charge >= 0.3 is 0 Å². The average Bonchev–Trinajstić information content (AvgIpc) is 3.01. The zero-order valence-corrected chi connectivity index (χ0v) is 11.1. The van der Waals surface area contributed by atoms with Crippen LogP contribution in [-0.4, -0.2) is 53.6 Å². The molecule has 5 atom stereocenters. The third-order valence-corrected chi connectivity index (χ3v) is 4.59. The molecular weight excluding hydrogens is 276 g/mol. The Morgan fingerprint density at radius 3 is 2.76 bits per heavy atom. The van der Waals surface area contributed by atoms with Crippen LogP contribution in [0.2, 0.25) is 0 Å². The Morgan fingerprint density at radius 1 is 1.33 bits per heavy atom. The second-order valence-corrected chi connectivity index (χ2v) is 5.63. The highest BCUT2D eigenvalue weighted by atomic mass is 16.6. The van der Waals surface area contributed by atoms with Gasteiger partial charge in [-0.25, -0.2) is 15.0 Å². The summed E-state index contributed by atoms with van der Waals surface area (Å²) in [6, 6.07) is -0.290. The zero-order chi connectivity index (χ0) is 14.8. The first-order valence-corrected chi connectivity index (χ1v) is 6.77. The first-order chi connectivity index (χ1) is 10.0. The molecule has 6 N–H and O–H groups in total. The highest BCUT2D eigenvalue weighted by molar-refractivity contribution is 5.81. The lowest BCUT2D eigenvalue weighted by Gasteiger charge is -2.46. The Bertz CT molecular complexity index is 705. The molecule has 0 aromatic carbocycles. The van der Waals surface area contributed by atoms with Crippen LogP contribution in [0.25, 0.3) is 11.2 Å². The van der Waals surface area contributed by atoms with Crippen molar-refractivity contribution in [3.05, 3.63) is 12.7 Å². The molecule has 112 valence electrons. The number of hydrogen-bond acceptors (Lipinski definition) is 8. The van der Waals surface area contributed by atoms with Crippen LogP contribution >= 0.6 is 0 Å². The monoisotopic (exact) mass is 292 g/mol. The number of imidazole rings is 1. The maximum atomic E-state index is 10.3. The number of fused-ring (bicyclic) bond motifs is 1. The minimum Gasteiger partial charge on any atom is -0.387 e. The Kier molecular flexibility index (Phi) is 2.52. The number of hydrogen-bond donors (Lipinski definition) is 4. The molecule has 0 bridgehead atoms. The Hall–Kier alpha value is -1.81. The molecule has 0 radical (unpaired) electrons. The second kappa shape index (κ2) is 4.10. The molecule has 1 aliphatic heterocycles. The molecule has 3 heterocycles. The molecule has 21 heavy (non-hydrogen) atoms. The molecule has 4 rings (SSSR count). The normalized spacial score (nSPS) is 39.0. The van der Waals surface area contributed by atoms with Gasteiger partial charge in [0, 0.05) is 6.04 Å². The van der Waals surface area contributed by atoms with Crippen LogP contribution in [0.1, 0.15) is 19.1 Å². The summed E-state index contributed by atoms with van der Waals surface area (Å²) in [5.74, 6) is 0.252. The van der Waals surface area contributed by atoms with Crippen molar-refractivity contribution in [3.8, 4) is 0 Å². The fourth-order valence-corrected chi connectivity index (χ4v) is 3.20. The standard InChI is InChI=1S/C12H16N6O3/c13-5-1-2-12(5)8(20)7(19)11(21-12)18-4-17-6-9(14)15-3-16-10(6)18/h3-5,7-8,11,19-20H,1-2,13H2,(H2,14,15,16)/t5-,7-,8?,11+,12+/m0/s1. The van der Waals surface area contributed by atoms with E-state index in [1.807, 2.05) is 0 Å². The van der Waals surface area contributed by atoms with Crippen molar-refractivity contribution in [3.63, 3.8) is 0 Å². The van der Waals surface area contributed by atoms with E-state index in [0.29, 0.717) is 17.6 Å². The summed E-state index contributed by atoms with van der Waals surface area (Å²) in [6.07, 6.45) is 1.22. The van der Waals surface area contributed by atoms with Crippen molar-refractivity contribution in [1.29, 1.82) is 0 Å². The van der Waals surface area contributed by atoms with Crippen LogP contribution in [0.4, 0.5) is 5.82 Å². The fourth-order valence-electron chi connectivity index (χ4n) is 3.20. The molecule has 2 fully saturated rings. The van der Waals surface area contributed by atoms with Gasteiger partial charge in [0.25, 0.3) is 0 Å². The Morgan fingerprint density at radius 2 is 2.14 bits per heavy atom. The number of aromatic nitrogens is 4. The number of aliphatic hydroxyl groups excluding tert-OH is 2. The molecule has 0 amide bonds. The topological polar surface area (TPSA) is 145 Å². The van der Waals surface area contributed by atoms with Crippen LogP contribution in [0.3, 0.4) is 0 Å². The van der Waals surface area contributed by atoms with E-state index in [-0.39, 0.29) is 11.9 Å². The molecule has 1 spiro atoms. The third-order valence-electron chi connectivity index (χ3n) is 4.59. The van der Waals surface area contributed by atoms with Crippen molar-refractivity contribution < 1.29 is 14.9 Å². The summed E-state index contributed by atoms with van der Waals surface area (Å²) in [6.45, 7) is 0. The summed E-state index contributed by atoms with van der Waals surface area (Å²) >= 11 is 0. The van der Waals surface area contributed by atoms with Gasteiger partial charge in [0.05, 0.1) is 6.33 Å². The molecular formula is C12H16N6O3. The highest BCUT2D eigenvalue weighted by Gasteiger charge is 2.62. The predicted molar refractivity (Wildman–Crippen MR) is 71.8 cm³/mol. The van der Waals surface area contributed by atoms with E-state index in [2.05, 4.69) is 15.0 Å². The number of nitrogen functional groups attached to an aromatic ring is 1. The van der Waals surface area contributed by atoms with Gasteiger partial charge < -0.3 is 26.4 Å². The molecule has 2 aromatic heterocycles. The van der Waals surface area contributed by atoms with Gasteiger partial charge in [0.15, 0.2) is 17.7 Å².